The Kier molecular flexibility index (Phi) is 4.49. The van der Waals surface area contributed by atoms with Crippen molar-refractivity contribution in [1.82, 2.24) is 4.98 Å². The Morgan fingerprint density at radius 2 is 2.15 bits per heavy atom. The van der Waals surface area contributed by atoms with Gasteiger partial charge in [-0.05, 0) is 12.1 Å². The molecule has 1 aromatic heterocycles. The lowest BCUT2D eigenvalue weighted by Crippen LogP contribution is -2.04. The summed E-state index contributed by atoms with van der Waals surface area (Å²) in [5, 5.41) is 11.2. The number of aromatic nitrogens is 1. The quantitative estimate of drug-likeness (QED) is 0.676. The molecule has 6 nitrogen and oxygen atoms in total. The van der Waals surface area contributed by atoms with Crippen LogP contribution in [0.15, 0.2) is 36.7 Å². The van der Waals surface area contributed by atoms with Crippen molar-refractivity contribution in [1.29, 1.82) is 0 Å². The number of pyridine rings is 1. The van der Waals surface area contributed by atoms with Gasteiger partial charge in [-0.15, -0.1) is 0 Å². The van der Waals surface area contributed by atoms with Crippen molar-refractivity contribution in [3.05, 3.63) is 62.9 Å². The molecule has 0 saturated heterocycles. The predicted molar refractivity (Wildman–Crippen MR) is 74.6 cm³/mol. The third-order valence-corrected chi connectivity index (χ3v) is 3.05. The first kappa shape index (κ1) is 14.2. The molecule has 0 aliphatic carbocycles. The van der Waals surface area contributed by atoms with Gasteiger partial charge in [0.2, 0.25) is 0 Å². The number of ether oxygens (including phenoxy) is 1. The molecule has 7 heteroatoms. The molecule has 0 saturated carbocycles. The molecule has 0 aliphatic rings. The topological polar surface area (TPSA) is 91.3 Å². The zero-order chi connectivity index (χ0) is 14.5. The van der Waals surface area contributed by atoms with Crippen molar-refractivity contribution in [2.24, 2.45) is 5.73 Å². The van der Waals surface area contributed by atoms with Crippen molar-refractivity contribution in [3.8, 4) is 5.75 Å². The van der Waals surface area contributed by atoms with E-state index in [2.05, 4.69) is 4.98 Å². The lowest BCUT2D eigenvalue weighted by atomic mass is 10.2. The van der Waals surface area contributed by atoms with Crippen LogP contribution in [0.3, 0.4) is 0 Å². The van der Waals surface area contributed by atoms with Crippen LogP contribution < -0.4 is 10.5 Å². The fourth-order valence-corrected chi connectivity index (χ4v) is 1.83. The summed E-state index contributed by atoms with van der Waals surface area (Å²) in [5.41, 5.74) is 6.92. The van der Waals surface area contributed by atoms with Crippen LogP contribution in [-0.2, 0) is 13.2 Å². The maximum atomic E-state index is 10.7. The molecule has 0 aliphatic heterocycles. The van der Waals surface area contributed by atoms with Crippen LogP contribution in [0.1, 0.15) is 11.1 Å². The molecule has 1 aromatic carbocycles. The lowest BCUT2D eigenvalue weighted by molar-refractivity contribution is -0.384. The Bertz CT molecular complexity index is 634. The molecule has 0 bridgehead atoms. The Labute approximate surface area is 120 Å². The Balaban J connectivity index is 2.17. The van der Waals surface area contributed by atoms with Gasteiger partial charge < -0.3 is 10.5 Å². The number of benzene rings is 1. The molecule has 0 radical (unpaired) electrons. The van der Waals surface area contributed by atoms with Crippen molar-refractivity contribution < 1.29 is 9.66 Å². The maximum absolute atomic E-state index is 10.7. The molecule has 0 spiro atoms. The zero-order valence-electron chi connectivity index (χ0n) is 10.5. The van der Waals surface area contributed by atoms with Crippen LogP contribution in [0.5, 0.6) is 5.75 Å². The largest absolute Gasteiger partial charge is 0.489 e. The highest BCUT2D eigenvalue weighted by Gasteiger charge is 2.11. The fourth-order valence-electron chi connectivity index (χ4n) is 1.66. The molecular formula is C13H12ClN3O3. The first-order valence-corrected chi connectivity index (χ1v) is 6.18. The van der Waals surface area contributed by atoms with Crippen LogP contribution in [-0.4, -0.2) is 9.91 Å². The monoisotopic (exact) mass is 293 g/mol. The normalized spacial score (nSPS) is 10.3. The molecule has 104 valence electrons. The molecule has 1 heterocycles. The summed E-state index contributed by atoms with van der Waals surface area (Å²) in [4.78, 5) is 14.1. The van der Waals surface area contributed by atoms with Gasteiger partial charge in [0.25, 0.3) is 5.69 Å². The van der Waals surface area contributed by atoms with Gasteiger partial charge in [0, 0.05) is 42.2 Å². The summed E-state index contributed by atoms with van der Waals surface area (Å²) < 4.78 is 5.61. The summed E-state index contributed by atoms with van der Waals surface area (Å²) in [6.07, 6.45) is 3.14. The molecule has 0 amide bonds. The third-order valence-electron chi connectivity index (χ3n) is 2.71. The second kappa shape index (κ2) is 6.31. The highest BCUT2D eigenvalue weighted by Crippen LogP contribution is 2.25. The average molecular weight is 294 g/mol. The number of nitrogens with two attached hydrogens (primary N) is 1. The fraction of sp³-hybridized carbons (Fsp3) is 0.154. The maximum Gasteiger partial charge on any atom is 0.270 e. The van der Waals surface area contributed by atoms with Crippen LogP contribution in [0.25, 0.3) is 0 Å². The highest BCUT2D eigenvalue weighted by atomic mass is 35.5. The lowest BCUT2D eigenvalue weighted by Gasteiger charge is -2.11. The SMILES string of the molecule is NCc1cc([N+](=O)[O-])ccc1OCc1ccncc1Cl. The highest BCUT2D eigenvalue weighted by molar-refractivity contribution is 6.31. The van der Waals surface area contributed by atoms with E-state index in [0.717, 1.165) is 5.56 Å². The van der Waals surface area contributed by atoms with E-state index in [4.69, 9.17) is 22.1 Å². The Hall–Kier alpha value is -2.18. The summed E-state index contributed by atoms with van der Waals surface area (Å²) in [5.74, 6) is 0.506. The van der Waals surface area contributed by atoms with Crippen LogP contribution in [0.2, 0.25) is 5.02 Å². The van der Waals surface area contributed by atoms with E-state index >= 15 is 0 Å². The van der Waals surface area contributed by atoms with Crippen molar-refractivity contribution in [2.45, 2.75) is 13.2 Å². The van der Waals surface area contributed by atoms with Crippen molar-refractivity contribution in [2.75, 3.05) is 0 Å². The van der Waals surface area contributed by atoms with Gasteiger partial charge in [-0.3, -0.25) is 15.1 Å². The molecule has 0 fully saturated rings. The minimum Gasteiger partial charge on any atom is -0.489 e. The molecule has 2 aromatic rings. The summed E-state index contributed by atoms with van der Waals surface area (Å²) >= 11 is 5.97. The second-order valence-electron chi connectivity index (χ2n) is 4.01. The first-order chi connectivity index (χ1) is 9.61. The van der Waals surface area contributed by atoms with Crippen molar-refractivity contribution >= 4 is 17.3 Å². The molecule has 2 N–H and O–H groups in total. The van der Waals surface area contributed by atoms with Gasteiger partial charge in [-0.1, -0.05) is 11.6 Å². The molecule has 0 unspecified atom stereocenters. The standard InChI is InChI=1S/C13H12ClN3O3/c14-12-7-16-4-3-9(12)8-20-13-2-1-11(17(18)19)5-10(13)6-15/h1-5,7H,6,8,15H2. The van der Waals surface area contributed by atoms with Crippen molar-refractivity contribution in [3.63, 3.8) is 0 Å². The molecule has 2 rings (SSSR count). The average Bonchev–Trinajstić information content (AvgIpc) is 2.46. The number of hydrogen-bond donors (Lipinski definition) is 1. The van der Waals surface area contributed by atoms with Gasteiger partial charge >= 0.3 is 0 Å². The predicted octanol–water partition coefficient (Wildman–Crippen LogP) is 2.68. The summed E-state index contributed by atoms with van der Waals surface area (Å²) in [6, 6.07) is 6.07. The first-order valence-electron chi connectivity index (χ1n) is 5.80. The minimum atomic E-state index is -0.470. The van der Waals surface area contributed by atoms with Gasteiger partial charge in [0.05, 0.1) is 9.95 Å². The Morgan fingerprint density at radius 3 is 2.80 bits per heavy atom. The number of halogens is 1. The Morgan fingerprint density at radius 1 is 1.35 bits per heavy atom. The van der Waals surface area contributed by atoms with E-state index in [1.54, 1.807) is 12.3 Å². The van der Waals surface area contributed by atoms with E-state index < -0.39 is 4.92 Å². The summed E-state index contributed by atoms with van der Waals surface area (Å²) in [6.45, 7) is 0.396. The number of rotatable bonds is 5. The minimum absolute atomic E-state index is 0.0141. The number of hydrogen-bond acceptors (Lipinski definition) is 5. The van der Waals surface area contributed by atoms with Crippen LogP contribution in [0, 0.1) is 10.1 Å². The third kappa shape index (κ3) is 3.23. The smallest absolute Gasteiger partial charge is 0.270 e. The van der Waals surface area contributed by atoms with E-state index in [9.17, 15) is 10.1 Å². The summed E-state index contributed by atoms with van der Waals surface area (Å²) in [7, 11) is 0. The van der Waals surface area contributed by atoms with Crippen LogP contribution >= 0.6 is 11.6 Å². The van der Waals surface area contributed by atoms with E-state index in [1.807, 2.05) is 0 Å². The molecular weight excluding hydrogens is 282 g/mol. The van der Waals surface area contributed by atoms with E-state index in [1.165, 1.54) is 24.4 Å². The second-order valence-corrected chi connectivity index (χ2v) is 4.42. The molecule has 0 atom stereocenters. The number of nitro groups is 1. The van der Waals surface area contributed by atoms with Gasteiger partial charge in [0.1, 0.15) is 12.4 Å². The van der Waals surface area contributed by atoms with Gasteiger partial charge in [-0.2, -0.15) is 0 Å². The molecule has 20 heavy (non-hydrogen) atoms. The van der Waals surface area contributed by atoms with E-state index in [-0.39, 0.29) is 18.8 Å². The van der Waals surface area contributed by atoms with Gasteiger partial charge in [0.15, 0.2) is 0 Å². The zero-order valence-corrected chi connectivity index (χ0v) is 11.2. The number of nitro benzene ring substituents is 1. The number of non-ortho nitro benzene ring substituents is 1. The number of nitrogens with zero attached hydrogens (tertiary/aromatic N) is 2. The van der Waals surface area contributed by atoms with Gasteiger partial charge in [-0.25, -0.2) is 0 Å². The van der Waals surface area contributed by atoms with E-state index in [0.29, 0.717) is 16.3 Å². The van der Waals surface area contributed by atoms with Crippen LogP contribution in [0.4, 0.5) is 5.69 Å².